The van der Waals surface area contributed by atoms with Gasteiger partial charge in [-0.3, -0.25) is 4.79 Å². The average molecular weight is 384 g/mol. The number of para-hydroxylation sites is 1. The molecule has 1 N–H and O–H groups in total. The summed E-state index contributed by atoms with van der Waals surface area (Å²) < 4.78 is 62.2. The maximum atomic E-state index is 12.9. The summed E-state index contributed by atoms with van der Waals surface area (Å²) in [5, 5.41) is 2.71. The minimum atomic E-state index is -5.49. The Morgan fingerprint density at radius 2 is 1.77 bits per heavy atom. The van der Waals surface area contributed by atoms with Gasteiger partial charge in [0.15, 0.2) is 0 Å². The predicted octanol–water partition coefficient (Wildman–Crippen LogP) is 3.85. The monoisotopic (exact) mass is 384 g/mol. The SMILES string of the molecule is O=C1CCCN1c1cccc(Nc2ccccc2S(=O)(=O)C(F)(F)F)c1. The molecule has 0 aromatic heterocycles. The van der Waals surface area contributed by atoms with Gasteiger partial charge in [0, 0.05) is 24.3 Å². The fraction of sp³-hybridized carbons (Fsp3) is 0.235. The second-order valence-corrected chi connectivity index (χ2v) is 7.68. The lowest BCUT2D eigenvalue weighted by atomic mass is 10.2. The topological polar surface area (TPSA) is 66.5 Å². The zero-order chi connectivity index (χ0) is 18.9. The number of anilines is 3. The molecule has 0 saturated carbocycles. The van der Waals surface area contributed by atoms with E-state index in [1.807, 2.05) is 0 Å². The predicted molar refractivity (Wildman–Crippen MR) is 91.0 cm³/mol. The molecule has 5 nitrogen and oxygen atoms in total. The van der Waals surface area contributed by atoms with E-state index in [1.165, 1.54) is 18.2 Å². The molecule has 1 aliphatic rings. The zero-order valence-electron chi connectivity index (χ0n) is 13.5. The number of alkyl halides is 3. The van der Waals surface area contributed by atoms with Crippen molar-refractivity contribution in [2.75, 3.05) is 16.8 Å². The van der Waals surface area contributed by atoms with Gasteiger partial charge in [0.05, 0.1) is 10.6 Å². The maximum absolute atomic E-state index is 12.9. The lowest BCUT2D eigenvalue weighted by Crippen LogP contribution is -2.24. The molecular formula is C17H15F3N2O3S. The van der Waals surface area contributed by atoms with Crippen LogP contribution in [0, 0.1) is 0 Å². The van der Waals surface area contributed by atoms with Gasteiger partial charge in [-0.05, 0) is 36.8 Å². The smallest absolute Gasteiger partial charge is 0.354 e. The summed E-state index contributed by atoms with van der Waals surface area (Å²) in [4.78, 5) is 12.6. The van der Waals surface area contributed by atoms with Gasteiger partial charge in [-0.1, -0.05) is 18.2 Å². The third kappa shape index (κ3) is 3.39. The fourth-order valence-corrected chi connectivity index (χ4v) is 3.67. The normalized spacial score (nSPS) is 15.3. The van der Waals surface area contributed by atoms with Crippen LogP contribution < -0.4 is 10.2 Å². The molecule has 0 radical (unpaired) electrons. The lowest BCUT2D eigenvalue weighted by molar-refractivity contribution is -0.117. The van der Waals surface area contributed by atoms with E-state index in [9.17, 15) is 26.4 Å². The highest BCUT2D eigenvalue weighted by atomic mass is 32.2. The number of hydrogen-bond donors (Lipinski definition) is 1. The van der Waals surface area contributed by atoms with Crippen molar-refractivity contribution in [3.63, 3.8) is 0 Å². The van der Waals surface area contributed by atoms with Crippen molar-refractivity contribution in [3.8, 4) is 0 Å². The van der Waals surface area contributed by atoms with Gasteiger partial charge in [-0.15, -0.1) is 0 Å². The number of sulfone groups is 1. The average Bonchev–Trinajstić information content (AvgIpc) is 3.00. The number of rotatable bonds is 4. The highest BCUT2D eigenvalue weighted by molar-refractivity contribution is 7.92. The highest BCUT2D eigenvalue weighted by Gasteiger charge is 2.47. The van der Waals surface area contributed by atoms with Crippen molar-refractivity contribution in [2.24, 2.45) is 0 Å². The largest absolute Gasteiger partial charge is 0.501 e. The first-order chi connectivity index (χ1) is 12.2. The van der Waals surface area contributed by atoms with Crippen molar-refractivity contribution < 1.29 is 26.4 Å². The number of nitrogens with zero attached hydrogens (tertiary/aromatic N) is 1. The second kappa shape index (κ2) is 6.64. The van der Waals surface area contributed by atoms with Crippen LogP contribution in [-0.4, -0.2) is 26.4 Å². The Kier molecular flexibility index (Phi) is 4.66. The van der Waals surface area contributed by atoms with E-state index in [0.717, 1.165) is 12.5 Å². The van der Waals surface area contributed by atoms with Gasteiger partial charge < -0.3 is 10.2 Å². The number of benzene rings is 2. The number of carbonyl (C=O) groups is 1. The van der Waals surface area contributed by atoms with Crippen LogP contribution in [0.5, 0.6) is 0 Å². The van der Waals surface area contributed by atoms with E-state index in [1.54, 1.807) is 29.2 Å². The first-order valence-corrected chi connectivity index (χ1v) is 9.26. The van der Waals surface area contributed by atoms with Crippen molar-refractivity contribution in [1.29, 1.82) is 0 Å². The minimum Gasteiger partial charge on any atom is -0.354 e. The zero-order valence-corrected chi connectivity index (χ0v) is 14.3. The van der Waals surface area contributed by atoms with E-state index < -0.39 is 20.2 Å². The first kappa shape index (κ1) is 18.2. The molecule has 2 aromatic carbocycles. The van der Waals surface area contributed by atoms with E-state index >= 15 is 0 Å². The molecule has 138 valence electrons. The maximum Gasteiger partial charge on any atom is 0.501 e. The van der Waals surface area contributed by atoms with Crippen molar-refractivity contribution in [2.45, 2.75) is 23.2 Å². The van der Waals surface area contributed by atoms with Crippen molar-refractivity contribution in [3.05, 3.63) is 48.5 Å². The number of amides is 1. The first-order valence-electron chi connectivity index (χ1n) is 7.78. The van der Waals surface area contributed by atoms with Crippen LogP contribution in [0.3, 0.4) is 0 Å². The molecule has 26 heavy (non-hydrogen) atoms. The molecular weight excluding hydrogens is 369 g/mol. The van der Waals surface area contributed by atoms with Crippen LogP contribution in [0.4, 0.5) is 30.2 Å². The molecule has 1 amide bonds. The Balaban J connectivity index is 1.95. The lowest BCUT2D eigenvalue weighted by Gasteiger charge is -2.18. The van der Waals surface area contributed by atoms with Crippen LogP contribution in [-0.2, 0) is 14.6 Å². The molecule has 9 heteroatoms. The molecule has 0 bridgehead atoms. The molecule has 0 spiro atoms. The second-order valence-electron chi connectivity index (χ2n) is 5.77. The van der Waals surface area contributed by atoms with Crippen LogP contribution in [0.25, 0.3) is 0 Å². The van der Waals surface area contributed by atoms with Crippen LogP contribution >= 0.6 is 0 Å². The van der Waals surface area contributed by atoms with E-state index in [0.29, 0.717) is 24.3 Å². The third-order valence-electron chi connectivity index (χ3n) is 3.99. The Hall–Kier alpha value is -2.55. The Labute approximate surface area is 148 Å². The van der Waals surface area contributed by atoms with Crippen LogP contribution in [0.15, 0.2) is 53.4 Å². The summed E-state index contributed by atoms with van der Waals surface area (Å²) >= 11 is 0. The number of carbonyl (C=O) groups excluding carboxylic acids is 1. The molecule has 0 unspecified atom stereocenters. The summed E-state index contributed by atoms with van der Waals surface area (Å²) in [6.45, 7) is 0.571. The van der Waals surface area contributed by atoms with Crippen LogP contribution in [0.1, 0.15) is 12.8 Å². The van der Waals surface area contributed by atoms with E-state index in [2.05, 4.69) is 5.32 Å². The highest BCUT2D eigenvalue weighted by Crippen LogP contribution is 2.35. The number of hydrogen-bond acceptors (Lipinski definition) is 4. The van der Waals surface area contributed by atoms with Gasteiger partial charge in [0.25, 0.3) is 9.84 Å². The number of halogens is 3. The molecule has 0 atom stereocenters. The molecule has 0 aliphatic carbocycles. The fourth-order valence-electron chi connectivity index (χ4n) is 2.76. The minimum absolute atomic E-state index is 0.0257. The summed E-state index contributed by atoms with van der Waals surface area (Å²) in [6.07, 6.45) is 1.19. The molecule has 1 fully saturated rings. The quantitative estimate of drug-likeness (QED) is 0.870. The van der Waals surface area contributed by atoms with E-state index in [-0.39, 0.29) is 11.6 Å². The molecule has 3 rings (SSSR count). The van der Waals surface area contributed by atoms with Gasteiger partial charge in [-0.2, -0.15) is 13.2 Å². The Bertz CT molecular complexity index is 942. The van der Waals surface area contributed by atoms with Crippen LogP contribution in [0.2, 0.25) is 0 Å². The van der Waals surface area contributed by atoms with Crippen molar-refractivity contribution >= 4 is 32.8 Å². The molecule has 1 heterocycles. The molecule has 1 aliphatic heterocycles. The van der Waals surface area contributed by atoms with Gasteiger partial charge >= 0.3 is 5.51 Å². The number of nitrogens with one attached hydrogen (secondary N) is 1. The summed E-state index contributed by atoms with van der Waals surface area (Å²) in [5.74, 6) is -0.0257. The third-order valence-corrected chi connectivity index (χ3v) is 5.54. The molecule has 2 aromatic rings. The Morgan fingerprint density at radius 3 is 2.42 bits per heavy atom. The van der Waals surface area contributed by atoms with Gasteiger partial charge in [-0.25, -0.2) is 8.42 Å². The van der Waals surface area contributed by atoms with Gasteiger partial charge in [0.2, 0.25) is 5.91 Å². The molecule has 1 saturated heterocycles. The van der Waals surface area contributed by atoms with E-state index in [4.69, 9.17) is 0 Å². The summed E-state index contributed by atoms with van der Waals surface area (Å²) in [6, 6.07) is 11.4. The Morgan fingerprint density at radius 1 is 1.04 bits per heavy atom. The van der Waals surface area contributed by atoms with Crippen molar-refractivity contribution in [1.82, 2.24) is 0 Å². The standard InChI is InChI=1S/C17H15F3N2O3S/c18-17(19,20)26(24,25)15-8-2-1-7-14(15)21-12-5-3-6-13(11-12)22-10-4-9-16(22)23/h1-3,5-8,11,21H,4,9-10H2. The summed E-state index contributed by atoms with van der Waals surface area (Å²) in [5.41, 5.74) is -4.59. The summed E-state index contributed by atoms with van der Waals surface area (Å²) in [7, 11) is -5.49. The van der Waals surface area contributed by atoms with Gasteiger partial charge in [0.1, 0.15) is 0 Å².